The summed E-state index contributed by atoms with van der Waals surface area (Å²) in [6.07, 6.45) is 0.675. The maximum atomic E-state index is 14.0. The SMILES string of the molecule is CCc1c(-c2ccc(Br)cc2F)sc(C#N)c1N. The molecule has 2 rings (SSSR count). The molecule has 0 amide bonds. The molecule has 0 radical (unpaired) electrons. The average Bonchev–Trinajstić information content (AvgIpc) is 2.65. The van der Waals surface area contributed by atoms with Crippen LogP contribution in [0.4, 0.5) is 10.1 Å². The average molecular weight is 325 g/mol. The first kappa shape index (κ1) is 13.1. The summed E-state index contributed by atoms with van der Waals surface area (Å²) in [6.45, 7) is 1.94. The Bertz CT molecular complexity index is 643. The molecule has 0 fully saturated rings. The van der Waals surface area contributed by atoms with E-state index in [4.69, 9.17) is 11.0 Å². The van der Waals surface area contributed by atoms with Gasteiger partial charge in [0.2, 0.25) is 0 Å². The molecule has 2 N–H and O–H groups in total. The van der Waals surface area contributed by atoms with Gasteiger partial charge in [0.05, 0.1) is 5.69 Å². The van der Waals surface area contributed by atoms with Gasteiger partial charge >= 0.3 is 0 Å². The lowest BCUT2D eigenvalue weighted by Gasteiger charge is -2.04. The molecule has 0 aliphatic rings. The Morgan fingerprint density at radius 1 is 1.50 bits per heavy atom. The van der Waals surface area contributed by atoms with Crippen LogP contribution >= 0.6 is 27.3 Å². The van der Waals surface area contributed by atoms with Crippen LogP contribution in [0.1, 0.15) is 17.4 Å². The third-order valence-corrected chi connectivity index (χ3v) is 4.36. The van der Waals surface area contributed by atoms with Crippen LogP contribution in [-0.2, 0) is 6.42 Å². The highest BCUT2D eigenvalue weighted by Crippen LogP contribution is 2.40. The summed E-state index contributed by atoms with van der Waals surface area (Å²) in [5.74, 6) is -0.315. The number of nitrogens with zero attached hydrogens (tertiary/aromatic N) is 1. The van der Waals surface area contributed by atoms with Crippen molar-refractivity contribution in [1.29, 1.82) is 5.26 Å². The summed E-state index contributed by atoms with van der Waals surface area (Å²) in [6, 6.07) is 6.94. The Hall–Kier alpha value is -1.38. The van der Waals surface area contributed by atoms with Crippen molar-refractivity contribution in [2.75, 3.05) is 5.73 Å². The van der Waals surface area contributed by atoms with E-state index in [-0.39, 0.29) is 5.82 Å². The van der Waals surface area contributed by atoms with Crippen LogP contribution in [0.15, 0.2) is 22.7 Å². The first-order valence-electron chi connectivity index (χ1n) is 5.35. The van der Waals surface area contributed by atoms with Crippen LogP contribution in [0.3, 0.4) is 0 Å². The van der Waals surface area contributed by atoms with E-state index in [9.17, 15) is 4.39 Å². The molecule has 0 atom stereocenters. The summed E-state index contributed by atoms with van der Waals surface area (Å²) >= 11 is 4.47. The molecule has 1 heterocycles. The summed E-state index contributed by atoms with van der Waals surface area (Å²) in [5, 5.41) is 8.99. The van der Waals surface area contributed by atoms with E-state index in [0.29, 0.717) is 27.0 Å². The van der Waals surface area contributed by atoms with E-state index in [1.165, 1.54) is 17.4 Å². The largest absolute Gasteiger partial charge is 0.397 e. The fraction of sp³-hybridized carbons (Fsp3) is 0.154. The minimum Gasteiger partial charge on any atom is -0.397 e. The van der Waals surface area contributed by atoms with Gasteiger partial charge in [-0.1, -0.05) is 22.9 Å². The number of anilines is 1. The van der Waals surface area contributed by atoms with E-state index in [0.717, 1.165) is 10.4 Å². The fourth-order valence-corrected chi connectivity index (χ4v) is 3.27. The second-order valence-electron chi connectivity index (χ2n) is 3.74. The molecule has 1 aromatic heterocycles. The minimum absolute atomic E-state index is 0.315. The zero-order valence-corrected chi connectivity index (χ0v) is 12.0. The van der Waals surface area contributed by atoms with Crippen molar-refractivity contribution in [1.82, 2.24) is 0 Å². The Morgan fingerprint density at radius 3 is 2.78 bits per heavy atom. The summed E-state index contributed by atoms with van der Waals surface area (Å²) < 4.78 is 14.6. The number of nitrogen functional groups attached to an aromatic ring is 1. The molecule has 0 aliphatic heterocycles. The monoisotopic (exact) mass is 324 g/mol. The van der Waals surface area contributed by atoms with Crippen LogP contribution < -0.4 is 5.73 Å². The molecule has 0 bridgehead atoms. The molecule has 0 saturated heterocycles. The van der Waals surface area contributed by atoms with Gasteiger partial charge in [0.15, 0.2) is 0 Å². The summed E-state index contributed by atoms with van der Waals surface area (Å²) in [7, 11) is 0. The van der Waals surface area contributed by atoms with Gasteiger partial charge in [0.25, 0.3) is 0 Å². The third-order valence-electron chi connectivity index (χ3n) is 2.68. The number of nitriles is 1. The van der Waals surface area contributed by atoms with Gasteiger partial charge in [-0.25, -0.2) is 4.39 Å². The van der Waals surface area contributed by atoms with Crippen LogP contribution in [0, 0.1) is 17.1 Å². The van der Waals surface area contributed by atoms with E-state index in [2.05, 4.69) is 22.0 Å². The van der Waals surface area contributed by atoms with Gasteiger partial charge in [-0.05, 0) is 30.2 Å². The predicted octanol–water partition coefficient (Wildman–Crippen LogP) is 4.33. The standard InChI is InChI=1S/C13H10BrFN2S/c1-2-8-12(17)11(6-16)18-13(8)9-4-3-7(14)5-10(9)15/h3-5H,2,17H2,1H3. The van der Waals surface area contributed by atoms with Gasteiger partial charge in [0.1, 0.15) is 16.8 Å². The van der Waals surface area contributed by atoms with Gasteiger partial charge < -0.3 is 5.73 Å². The smallest absolute Gasteiger partial charge is 0.132 e. The zero-order chi connectivity index (χ0) is 13.3. The van der Waals surface area contributed by atoms with E-state index in [1.807, 2.05) is 6.92 Å². The highest BCUT2D eigenvalue weighted by molar-refractivity contribution is 9.10. The van der Waals surface area contributed by atoms with Crippen LogP contribution in [-0.4, -0.2) is 0 Å². The zero-order valence-electron chi connectivity index (χ0n) is 9.63. The van der Waals surface area contributed by atoms with Gasteiger partial charge in [-0.2, -0.15) is 5.26 Å². The molecule has 18 heavy (non-hydrogen) atoms. The molecule has 0 spiro atoms. The van der Waals surface area contributed by atoms with Gasteiger partial charge in [-0.3, -0.25) is 0 Å². The lowest BCUT2D eigenvalue weighted by molar-refractivity contribution is 0.630. The number of thiophene rings is 1. The second kappa shape index (κ2) is 5.09. The molecular formula is C13H10BrFN2S. The van der Waals surface area contributed by atoms with Crippen molar-refractivity contribution in [2.45, 2.75) is 13.3 Å². The van der Waals surface area contributed by atoms with Crippen molar-refractivity contribution in [2.24, 2.45) is 0 Å². The van der Waals surface area contributed by atoms with Crippen molar-refractivity contribution >= 4 is 33.0 Å². The molecule has 92 valence electrons. The Morgan fingerprint density at radius 2 is 2.22 bits per heavy atom. The van der Waals surface area contributed by atoms with Crippen molar-refractivity contribution in [3.8, 4) is 16.5 Å². The Kier molecular flexibility index (Phi) is 3.69. The first-order chi connectivity index (χ1) is 8.58. The topological polar surface area (TPSA) is 49.8 Å². The van der Waals surface area contributed by atoms with Gasteiger partial charge in [-0.15, -0.1) is 11.3 Å². The maximum Gasteiger partial charge on any atom is 0.132 e. The van der Waals surface area contributed by atoms with E-state index >= 15 is 0 Å². The number of hydrogen-bond donors (Lipinski definition) is 1. The predicted molar refractivity (Wildman–Crippen MR) is 75.9 cm³/mol. The molecule has 0 aliphatic carbocycles. The first-order valence-corrected chi connectivity index (χ1v) is 6.96. The highest BCUT2D eigenvalue weighted by Gasteiger charge is 2.18. The number of halogens is 2. The van der Waals surface area contributed by atoms with Crippen LogP contribution in [0.25, 0.3) is 10.4 Å². The quantitative estimate of drug-likeness (QED) is 0.893. The van der Waals surface area contributed by atoms with Crippen molar-refractivity contribution in [3.05, 3.63) is 38.9 Å². The van der Waals surface area contributed by atoms with E-state index < -0.39 is 0 Å². The van der Waals surface area contributed by atoms with Crippen LogP contribution in [0.5, 0.6) is 0 Å². The normalized spacial score (nSPS) is 10.3. The molecule has 0 unspecified atom stereocenters. The fourth-order valence-electron chi connectivity index (χ4n) is 1.80. The summed E-state index contributed by atoms with van der Waals surface area (Å²) in [4.78, 5) is 1.20. The molecular weight excluding hydrogens is 315 g/mol. The lowest BCUT2D eigenvalue weighted by atomic mass is 10.1. The summed E-state index contributed by atoms with van der Waals surface area (Å²) in [5.41, 5.74) is 7.71. The molecule has 0 saturated carbocycles. The third kappa shape index (κ3) is 2.14. The van der Waals surface area contributed by atoms with Gasteiger partial charge in [0, 0.05) is 14.9 Å². The van der Waals surface area contributed by atoms with E-state index in [1.54, 1.807) is 12.1 Å². The molecule has 2 nitrogen and oxygen atoms in total. The maximum absolute atomic E-state index is 14.0. The molecule has 2 aromatic rings. The Labute approximate surface area is 117 Å². The Balaban J connectivity index is 2.68. The number of rotatable bonds is 2. The van der Waals surface area contributed by atoms with Crippen molar-refractivity contribution < 1.29 is 4.39 Å². The molecule has 1 aromatic carbocycles. The molecule has 5 heteroatoms. The number of benzene rings is 1. The lowest BCUT2D eigenvalue weighted by Crippen LogP contribution is -1.92. The minimum atomic E-state index is -0.315. The number of hydrogen-bond acceptors (Lipinski definition) is 3. The van der Waals surface area contributed by atoms with Crippen LogP contribution in [0.2, 0.25) is 0 Å². The number of nitrogens with two attached hydrogens (primary N) is 1. The highest BCUT2D eigenvalue weighted by atomic mass is 79.9. The van der Waals surface area contributed by atoms with Crippen molar-refractivity contribution in [3.63, 3.8) is 0 Å². The second-order valence-corrected chi connectivity index (χ2v) is 5.68.